The van der Waals surface area contributed by atoms with Gasteiger partial charge in [-0.25, -0.2) is 0 Å². The van der Waals surface area contributed by atoms with Gasteiger partial charge in [-0.3, -0.25) is 9.59 Å². The molecule has 1 rings (SSSR count). The second kappa shape index (κ2) is 5.39. The summed E-state index contributed by atoms with van der Waals surface area (Å²) in [7, 11) is 0. The minimum Gasteiger partial charge on any atom is -0.481 e. The molecule has 76 valence electrons. The Balaban J connectivity index is 2.15. The van der Waals surface area contributed by atoms with Crippen LogP contribution in [0.15, 0.2) is 17.5 Å². The summed E-state index contributed by atoms with van der Waals surface area (Å²) in [6, 6.07) is 3.92. The largest absolute Gasteiger partial charge is 0.481 e. The molecular weight excluding hydrogens is 202 g/mol. The predicted molar refractivity (Wildman–Crippen MR) is 53.3 cm³/mol. The van der Waals surface area contributed by atoms with Gasteiger partial charge in [0.2, 0.25) is 5.91 Å². The lowest BCUT2D eigenvalue weighted by molar-refractivity contribution is -0.140. The summed E-state index contributed by atoms with van der Waals surface area (Å²) >= 11 is 1.62. The molecule has 0 bridgehead atoms. The third kappa shape index (κ3) is 4.04. The van der Waals surface area contributed by atoms with Crippen molar-refractivity contribution in [2.75, 3.05) is 6.54 Å². The number of hydrogen-bond donors (Lipinski definition) is 2. The summed E-state index contributed by atoms with van der Waals surface area (Å²) in [4.78, 5) is 22.2. The van der Waals surface area contributed by atoms with E-state index >= 15 is 0 Å². The predicted octanol–water partition coefficient (Wildman–Crippen LogP) is 0.881. The van der Waals surface area contributed by atoms with E-state index in [1.807, 2.05) is 17.5 Å². The lowest BCUT2D eigenvalue weighted by Crippen LogP contribution is -2.27. The highest BCUT2D eigenvalue weighted by Crippen LogP contribution is 2.07. The molecule has 0 aliphatic rings. The SMILES string of the molecule is O=C(O)CC(=O)NCCc1cccs1. The molecule has 1 aromatic heterocycles. The van der Waals surface area contributed by atoms with Gasteiger partial charge in [-0.2, -0.15) is 0 Å². The molecule has 0 aliphatic heterocycles. The zero-order valence-electron chi connectivity index (χ0n) is 7.53. The molecule has 1 heterocycles. The van der Waals surface area contributed by atoms with Crippen molar-refractivity contribution in [3.05, 3.63) is 22.4 Å². The fourth-order valence-electron chi connectivity index (χ4n) is 0.980. The number of nitrogens with one attached hydrogen (secondary N) is 1. The van der Waals surface area contributed by atoms with Gasteiger partial charge in [0.05, 0.1) is 0 Å². The first-order valence-corrected chi connectivity index (χ1v) is 5.07. The molecule has 0 atom stereocenters. The minimum absolute atomic E-state index is 0.436. The average molecular weight is 213 g/mol. The van der Waals surface area contributed by atoms with Gasteiger partial charge in [0.1, 0.15) is 6.42 Å². The quantitative estimate of drug-likeness (QED) is 0.713. The number of carbonyl (C=O) groups is 2. The van der Waals surface area contributed by atoms with E-state index in [0.717, 1.165) is 6.42 Å². The van der Waals surface area contributed by atoms with Crippen molar-refractivity contribution in [1.29, 1.82) is 0 Å². The van der Waals surface area contributed by atoms with Crippen molar-refractivity contribution in [3.63, 3.8) is 0 Å². The van der Waals surface area contributed by atoms with Gasteiger partial charge in [0.15, 0.2) is 0 Å². The Morgan fingerprint density at radius 2 is 2.29 bits per heavy atom. The number of carbonyl (C=O) groups excluding carboxylic acids is 1. The zero-order chi connectivity index (χ0) is 10.4. The first-order chi connectivity index (χ1) is 6.68. The van der Waals surface area contributed by atoms with Crippen LogP contribution in [0.5, 0.6) is 0 Å². The van der Waals surface area contributed by atoms with Gasteiger partial charge in [0, 0.05) is 11.4 Å². The first kappa shape index (κ1) is 10.7. The van der Waals surface area contributed by atoms with E-state index in [1.165, 1.54) is 4.88 Å². The Morgan fingerprint density at radius 1 is 1.50 bits per heavy atom. The van der Waals surface area contributed by atoms with Crippen LogP contribution in [0.1, 0.15) is 11.3 Å². The Morgan fingerprint density at radius 3 is 2.86 bits per heavy atom. The van der Waals surface area contributed by atoms with Gasteiger partial charge in [0.25, 0.3) is 0 Å². The molecule has 0 aliphatic carbocycles. The number of carboxylic acids is 1. The monoisotopic (exact) mass is 213 g/mol. The Bertz CT molecular complexity index is 308. The molecule has 0 saturated heterocycles. The molecule has 0 spiro atoms. The van der Waals surface area contributed by atoms with Crippen LogP contribution >= 0.6 is 11.3 Å². The minimum atomic E-state index is -1.10. The molecule has 2 N–H and O–H groups in total. The summed E-state index contributed by atoms with van der Waals surface area (Å²) in [5, 5.41) is 12.8. The molecule has 0 radical (unpaired) electrons. The second-order valence-corrected chi connectivity index (χ2v) is 3.78. The third-order valence-corrected chi connectivity index (χ3v) is 2.52. The van der Waals surface area contributed by atoms with E-state index in [4.69, 9.17) is 5.11 Å². The van der Waals surface area contributed by atoms with E-state index in [2.05, 4.69) is 5.32 Å². The molecule has 0 saturated carbocycles. The van der Waals surface area contributed by atoms with Crippen LogP contribution in [0.3, 0.4) is 0 Å². The smallest absolute Gasteiger partial charge is 0.312 e. The van der Waals surface area contributed by atoms with Gasteiger partial charge in [-0.05, 0) is 17.9 Å². The van der Waals surface area contributed by atoms with Crippen LogP contribution in [0, 0.1) is 0 Å². The van der Waals surface area contributed by atoms with E-state index in [1.54, 1.807) is 11.3 Å². The normalized spacial score (nSPS) is 9.71. The van der Waals surface area contributed by atoms with Gasteiger partial charge in [-0.15, -0.1) is 11.3 Å². The van der Waals surface area contributed by atoms with Crippen LogP contribution in [0.25, 0.3) is 0 Å². The first-order valence-electron chi connectivity index (χ1n) is 4.19. The van der Waals surface area contributed by atoms with Crippen molar-refractivity contribution >= 4 is 23.2 Å². The Kier molecular flexibility index (Phi) is 4.12. The van der Waals surface area contributed by atoms with Crippen LogP contribution in [0.2, 0.25) is 0 Å². The molecule has 1 aromatic rings. The van der Waals surface area contributed by atoms with E-state index < -0.39 is 18.3 Å². The van der Waals surface area contributed by atoms with E-state index in [-0.39, 0.29) is 0 Å². The summed E-state index contributed by atoms with van der Waals surface area (Å²) < 4.78 is 0. The maximum absolute atomic E-state index is 10.9. The molecule has 1 amide bonds. The van der Waals surface area contributed by atoms with Crippen LogP contribution in [0.4, 0.5) is 0 Å². The molecule has 0 aromatic carbocycles. The maximum atomic E-state index is 10.9. The lowest BCUT2D eigenvalue weighted by atomic mass is 10.3. The Labute approximate surface area is 85.6 Å². The summed E-state index contributed by atoms with van der Waals surface area (Å²) in [6.45, 7) is 0.493. The summed E-state index contributed by atoms with van der Waals surface area (Å²) in [5.41, 5.74) is 0. The summed E-state index contributed by atoms with van der Waals surface area (Å²) in [6.07, 6.45) is 0.299. The van der Waals surface area contributed by atoms with Crippen LogP contribution in [-0.4, -0.2) is 23.5 Å². The maximum Gasteiger partial charge on any atom is 0.312 e. The zero-order valence-corrected chi connectivity index (χ0v) is 8.34. The number of rotatable bonds is 5. The van der Waals surface area contributed by atoms with Crippen LogP contribution < -0.4 is 5.32 Å². The fourth-order valence-corrected chi connectivity index (χ4v) is 1.69. The number of carboxylic acid groups (broad SMARTS) is 1. The van der Waals surface area contributed by atoms with Crippen molar-refractivity contribution in [3.8, 4) is 0 Å². The lowest BCUT2D eigenvalue weighted by Gasteiger charge is -2.01. The third-order valence-electron chi connectivity index (χ3n) is 1.59. The molecular formula is C9H11NO3S. The van der Waals surface area contributed by atoms with Gasteiger partial charge >= 0.3 is 5.97 Å². The number of thiophene rings is 1. The Hall–Kier alpha value is -1.36. The highest BCUT2D eigenvalue weighted by molar-refractivity contribution is 7.09. The van der Waals surface area contributed by atoms with Crippen molar-refractivity contribution < 1.29 is 14.7 Å². The topological polar surface area (TPSA) is 66.4 Å². The van der Waals surface area contributed by atoms with Crippen LogP contribution in [-0.2, 0) is 16.0 Å². The molecule has 14 heavy (non-hydrogen) atoms. The fraction of sp³-hybridized carbons (Fsp3) is 0.333. The van der Waals surface area contributed by atoms with Crippen molar-refractivity contribution in [2.45, 2.75) is 12.8 Å². The van der Waals surface area contributed by atoms with E-state index in [0.29, 0.717) is 6.54 Å². The number of aliphatic carboxylic acids is 1. The van der Waals surface area contributed by atoms with Crippen molar-refractivity contribution in [1.82, 2.24) is 5.32 Å². The molecule has 0 fully saturated rings. The van der Waals surface area contributed by atoms with Crippen molar-refractivity contribution in [2.24, 2.45) is 0 Å². The standard InChI is InChI=1S/C9H11NO3S/c11-8(6-9(12)13)10-4-3-7-2-1-5-14-7/h1-2,5H,3-4,6H2,(H,10,11)(H,12,13). The second-order valence-electron chi connectivity index (χ2n) is 2.75. The highest BCUT2D eigenvalue weighted by atomic mass is 32.1. The highest BCUT2D eigenvalue weighted by Gasteiger charge is 2.05. The molecule has 0 unspecified atom stereocenters. The molecule has 4 nitrogen and oxygen atoms in total. The van der Waals surface area contributed by atoms with Gasteiger partial charge in [-0.1, -0.05) is 6.07 Å². The molecule has 5 heteroatoms. The van der Waals surface area contributed by atoms with Gasteiger partial charge < -0.3 is 10.4 Å². The average Bonchev–Trinajstić information content (AvgIpc) is 2.55. The van der Waals surface area contributed by atoms with E-state index in [9.17, 15) is 9.59 Å². The summed E-state index contributed by atoms with van der Waals surface area (Å²) in [5.74, 6) is -1.53. The number of hydrogen-bond acceptors (Lipinski definition) is 3. The number of amides is 1.